The Morgan fingerprint density at radius 2 is 1.73 bits per heavy atom. The first-order valence-electron chi connectivity index (χ1n) is 7.83. The van der Waals surface area contributed by atoms with Gasteiger partial charge in [0.05, 0.1) is 16.2 Å². The molecule has 1 unspecified atom stereocenters. The molecule has 0 fully saturated rings. The molecule has 0 bridgehead atoms. The van der Waals surface area contributed by atoms with Gasteiger partial charge in [-0.15, -0.1) is 0 Å². The molecular formula is C18H19N3O5. The average molecular weight is 357 g/mol. The Kier molecular flexibility index (Phi) is 5.90. The van der Waals surface area contributed by atoms with Gasteiger partial charge in [0.15, 0.2) is 11.9 Å². The van der Waals surface area contributed by atoms with E-state index < -0.39 is 16.9 Å². The third kappa shape index (κ3) is 4.35. The van der Waals surface area contributed by atoms with Gasteiger partial charge in [0.2, 0.25) is 0 Å². The van der Waals surface area contributed by atoms with E-state index >= 15 is 0 Å². The molecule has 8 heteroatoms. The van der Waals surface area contributed by atoms with Crippen molar-refractivity contribution in [1.29, 1.82) is 0 Å². The minimum atomic E-state index is -1.00. The van der Waals surface area contributed by atoms with Gasteiger partial charge in [-0.2, -0.15) is 0 Å². The van der Waals surface area contributed by atoms with Crippen molar-refractivity contribution in [2.24, 2.45) is 0 Å². The summed E-state index contributed by atoms with van der Waals surface area (Å²) in [5, 5.41) is 13.7. The molecule has 26 heavy (non-hydrogen) atoms. The highest BCUT2D eigenvalue weighted by Crippen LogP contribution is 2.27. The Labute approximate surface area is 150 Å². The smallest absolute Gasteiger partial charge is 0.310 e. The number of nitro groups is 1. The molecule has 0 heterocycles. The van der Waals surface area contributed by atoms with Crippen LogP contribution < -0.4 is 10.1 Å². The number of carbonyl (C=O) groups is 2. The number of hydrogen-bond acceptors (Lipinski definition) is 5. The maximum atomic E-state index is 12.4. The molecule has 0 aromatic heterocycles. The van der Waals surface area contributed by atoms with Crippen LogP contribution in [0.3, 0.4) is 0 Å². The summed E-state index contributed by atoms with van der Waals surface area (Å²) in [4.78, 5) is 36.5. The highest BCUT2D eigenvalue weighted by molar-refractivity contribution is 6.04. The number of ether oxygens (including phenoxy) is 1. The van der Waals surface area contributed by atoms with Crippen LogP contribution in [0, 0.1) is 10.1 Å². The van der Waals surface area contributed by atoms with Crippen molar-refractivity contribution in [3.63, 3.8) is 0 Å². The molecule has 0 aliphatic carbocycles. The highest BCUT2D eigenvalue weighted by Gasteiger charge is 2.22. The van der Waals surface area contributed by atoms with Gasteiger partial charge in [-0.05, 0) is 25.1 Å². The number of anilines is 1. The molecular weight excluding hydrogens is 338 g/mol. The van der Waals surface area contributed by atoms with Crippen molar-refractivity contribution in [3.05, 3.63) is 64.2 Å². The summed E-state index contributed by atoms with van der Waals surface area (Å²) in [5.74, 6) is -0.784. The van der Waals surface area contributed by atoms with E-state index in [1.807, 2.05) is 0 Å². The second kappa shape index (κ2) is 8.11. The first kappa shape index (κ1) is 18.9. The number of hydrogen-bond donors (Lipinski definition) is 1. The summed E-state index contributed by atoms with van der Waals surface area (Å²) in [6.07, 6.45) is -1.00. The fourth-order valence-electron chi connectivity index (χ4n) is 2.21. The number of rotatable bonds is 6. The molecule has 0 aliphatic rings. The number of nitrogens with zero attached hydrogens (tertiary/aromatic N) is 2. The van der Waals surface area contributed by atoms with Crippen LogP contribution in [0.5, 0.6) is 5.75 Å². The predicted molar refractivity (Wildman–Crippen MR) is 96.3 cm³/mol. The van der Waals surface area contributed by atoms with E-state index in [0.717, 1.165) is 0 Å². The van der Waals surface area contributed by atoms with Crippen molar-refractivity contribution in [1.82, 2.24) is 4.90 Å². The van der Waals surface area contributed by atoms with Crippen molar-refractivity contribution >= 4 is 23.2 Å². The maximum absolute atomic E-state index is 12.4. The number of benzene rings is 2. The lowest BCUT2D eigenvalue weighted by Gasteiger charge is -2.17. The number of carbonyl (C=O) groups excluding carboxylic acids is 2. The zero-order valence-electron chi connectivity index (χ0n) is 14.6. The molecule has 0 aliphatic heterocycles. The first-order chi connectivity index (χ1) is 12.3. The van der Waals surface area contributed by atoms with Crippen LogP contribution in [-0.4, -0.2) is 41.8 Å². The molecule has 2 aromatic carbocycles. The van der Waals surface area contributed by atoms with Crippen LogP contribution >= 0.6 is 0 Å². The topological polar surface area (TPSA) is 102 Å². The highest BCUT2D eigenvalue weighted by atomic mass is 16.6. The summed E-state index contributed by atoms with van der Waals surface area (Å²) in [7, 11) is 3.22. The Bertz CT molecular complexity index is 835. The average Bonchev–Trinajstić information content (AvgIpc) is 2.61. The van der Waals surface area contributed by atoms with Crippen LogP contribution in [-0.2, 0) is 4.79 Å². The summed E-state index contributed by atoms with van der Waals surface area (Å²) >= 11 is 0. The number of nitrogens with one attached hydrogen (secondary N) is 1. The van der Waals surface area contributed by atoms with E-state index in [1.54, 1.807) is 44.4 Å². The van der Waals surface area contributed by atoms with Gasteiger partial charge in [-0.1, -0.05) is 24.3 Å². The fourth-order valence-corrected chi connectivity index (χ4v) is 2.21. The third-order valence-corrected chi connectivity index (χ3v) is 3.56. The van der Waals surface area contributed by atoms with E-state index in [-0.39, 0.29) is 17.3 Å². The lowest BCUT2D eigenvalue weighted by atomic mass is 10.1. The molecule has 0 radical (unpaired) electrons. The number of nitro benzene ring substituents is 1. The third-order valence-electron chi connectivity index (χ3n) is 3.56. The van der Waals surface area contributed by atoms with Gasteiger partial charge in [0, 0.05) is 20.2 Å². The molecule has 8 nitrogen and oxygen atoms in total. The largest absolute Gasteiger partial charge is 0.474 e. The van der Waals surface area contributed by atoms with Gasteiger partial charge in [0.1, 0.15) is 0 Å². The minimum absolute atomic E-state index is 0.00203. The van der Waals surface area contributed by atoms with Crippen LogP contribution in [0.1, 0.15) is 17.3 Å². The quantitative estimate of drug-likeness (QED) is 0.632. The number of amides is 2. The first-order valence-corrected chi connectivity index (χ1v) is 7.83. The zero-order chi connectivity index (χ0) is 19.3. The van der Waals surface area contributed by atoms with Crippen LogP contribution in [0.4, 0.5) is 11.4 Å². The minimum Gasteiger partial charge on any atom is -0.474 e. The van der Waals surface area contributed by atoms with Gasteiger partial charge in [-0.25, -0.2) is 0 Å². The van der Waals surface area contributed by atoms with Gasteiger partial charge in [-0.3, -0.25) is 19.7 Å². The van der Waals surface area contributed by atoms with Gasteiger partial charge >= 0.3 is 5.69 Å². The van der Waals surface area contributed by atoms with Crippen LogP contribution in [0.25, 0.3) is 0 Å². The summed E-state index contributed by atoms with van der Waals surface area (Å²) in [5.41, 5.74) is 0.452. The van der Waals surface area contributed by atoms with E-state index in [2.05, 4.69) is 5.32 Å². The fraction of sp³-hybridized carbons (Fsp3) is 0.222. The maximum Gasteiger partial charge on any atom is 0.310 e. The van der Waals surface area contributed by atoms with Crippen molar-refractivity contribution in [3.8, 4) is 5.75 Å². The normalized spacial score (nSPS) is 11.3. The summed E-state index contributed by atoms with van der Waals surface area (Å²) in [6, 6.07) is 12.4. The second-order valence-corrected chi connectivity index (χ2v) is 5.72. The molecule has 2 aromatic rings. The van der Waals surface area contributed by atoms with E-state index in [1.165, 1.54) is 30.0 Å². The Morgan fingerprint density at radius 3 is 2.38 bits per heavy atom. The van der Waals surface area contributed by atoms with E-state index in [9.17, 15) is 19.7 Å². The molecule has 1 N–H and O–H groups in total. The molecule has 2 amide bonds. The SMILES string of the molecule is CC(Oc1ccccc1[N+](=O)[O-])C(=O)Nc1ccccc1C(=O)N(C)C. The van der Waals surface area contributed by atoms with Crippen LogP contribution in [0.2, 0.25) is 0 Å². The summed E-state index contributed by atoms with van der Waals surface area (Å²) in [6.45, 7) is 1.47. The lowest BCUT2D eigenvalue weighted by Crippen LogP contribution is -2.31. The van der Waals surface area contributed by atoms with Gasteiger partial charge in [0.25, 0.3) is 11.8 Å². The molecule has 136 valence electrons. The second-order valence-electron chi connectivity index (χ2n) is 5.72. The Morgan fingerprint density at radius 1 is 1.12 bits per heavy atom. The van der Waals surface area contributed by atoms with E-state index in [4.69, 9.17) is 4.74 Å². The Balaban J connectivity index is 2.16. The molecule has 2 rings (SSSR count). The lowest BCUT2D eigenvalue weighted by molar-refractivity contribution is -0.386. The zero-order valence-corrected chi connectivity index (χ0v) is 14.6. The van der Waals surface area contributed by atoms with Crippen LogP contribution in [0.15, 0.2) is 48.5 Å². The molecule has 1 atom stereocenters. The predicted octanol–water partition coefficient (Wildman–Crippen LogP) is 2.70. The molecule has 0 saturated heterocycles. The standard InChI is InChI=1S/C18H19N3O5/c1-12(26-16-11-7-6-10-15(16)21(24)25)17(22)19-14-9-5-4-8-13(14)18(23)20(2)3/h4-12H,1-3H3,(H,19,22). The monoisotopic (exact) mass is 357 g/mol. The van der Waals surface area contributed by atoms with E-state index in [0.29, 0.717) is 11.3 Å². The van der Waals surface area contributed by atoms with Crippen molar-refractivity contribution in [2.75, 3.05) is 19.4 Å². The van der Waals surface area contributed by atoms with Gasteiger partial charge < -0.3 is 15.0 Å². The number of para-hydroxylation sites is 3. The molecule has 0 saturated carbocycles. The Hall–Kier alpha value is -3.42. The summed E-state index contributed by atoms with van der Waals surface area (Å²) < 4.78 is 5.44. The van der Waals surface area contributed by atoms with Crippen molar-refractivity contribution in [2.45, 2.75) is 13.0 Å². The van der Waals surface area contributed by atoms with Crippen molar-refractivity contribution < 1.29 is 19.2 Å². The molecule has 0 spiro atoms.